The molecule has 0 aliphatic rings. The molecular formula is C77H126O6. The largest absolute Gasteiger partial charge is 0.462 e. The maximum Gasteiger partial charge on any atom is 0.306 e. The van der Waals surface area contributed by atoms with Gasteiger partial charge in [0.15, 0.2) is 6.10 Å². The minimum absolute atomic E-state index is 0.106. The molecular weight excluding hydrogens is 1020 g/mol. The van der Waals surface area contributed by atoms with E-state index in [-0.39, 0.29) is 37.5 Å². The first kappa shape index (κ1) is 78.3. The van der Waals surface area contributed by atoms with Crippen LogP contribution in [0.5, 0.6) is 0 Å². The van der Waals surface area contributed by atoms with Gasteiger partial charge >= 0.3 is 17.9 Å². The lowest BCUT2D eigenvalue weighted by Gasteiger charge is -2.18. The average Bonchev–Trinajstić information content (AvgIpc) is 3.49. The van der Waals surface area contributed by atoms with E-state index in [4.69, 9.17) is 14.2 Å². The number of carbonyl (C=O) groups is 3. The van der Waals surface area contributed by atoms with Crippen molar-refractivity contribution in [2.45, 2.75) is 309 Å². The first-order chi connectivity index (χ1) is 41.0. The van der Waals surface area contributed by atoms with Crippen molar-refractivity contribution in [1.82, 2.24) is 0 Å². The van der Waals surface area contributed by atoms with Crippen LogP contribution in [0.4, 0.5) is 0 Å². The number of hydrogen-bond acceptors (Lipinski definition) is 6. The third-order valence-corrected chi connectivity index (χ3v) is 14.3. The number of rotatable bonds is 61. The van der Waals surface area contributed by atoms with E-state index in [9.17, 15) is 14.4 Å². The molecule has 0 rings (SSSR count). The lowest BCUT2D eigenvalue weighted by molar-refractivity contribution is -0.166. The van der Waals surface area contributed by atoms with E-state index >= 15 is 0 Å². The van der Waals surface area contributed by atoms with Crippen LogP contribution in [-0.2, 0) is 28.6 Å². The molecule has 0 bridgehead atoms. The number of hydrogen-bond donors (Lipinski definition) is 0. The zero-order valence-corrected chi connectivity index (χ0v) is 53.9. The third-order valence-electron chi connectivity index (χ3n) is 14.3. The van der Waals surface area contributed by atoms with Crippen LogP contribution in [0.1, 0.15) is 303 Å². The Balaban J connectivity index is 4.28. The SMILES string of the molecule is CC/C=C\C/C=C\C/C=C\C/C=C\CCCCCCCCCCCCCCCCCCCCC(=O)OCC(COC(=O)CC/C=C\C/C=C\C/C=C\C/C=C\CC)OC(=O)CCCCCCCCCC/C=C\C/C=C\C/C=C\C/C=C\CC. The highest BCUT2D eigenvalue weighted by Gasteiger charge is 2.19. The van der Waals surface area contributed by atoms with Crippen LogP contribution in [0.15, 0.2) is 146 Å². The van der Waals surface area contributed by atoms with E-state index < -0.39 is 6.10 Å². The van der Waals surface area contributed by atoms with E-state index in [2.05, 4.69) is 161 Å². The van der Waals surface area contributed by atoms with Crippen LogP contribution in [0.25, 0.3) is 0 Å². The summed E-state index contributed by atoms with van der Waals surface area (Å²) in [6.45, 7) is 6.25. The summed E-state index contributed by atoms with van der Waals surface area (Å²) in [4.78, 5) is 38.3. The van der Waals surface area contributed by atoms with Gasteiger partial charge in [0, 0.05) is 19.3 Å². The van der Waals surface area contributed by atoms with Gasteiger partial charge in [-0.3, -0.25) is 14.4 Å². The lowest BCUT2D eigenvalue weighted by atomic mass is 10.0. The molecule has 0 amide bonds. The van der Waals surface area contributed by atoms with Gasteiger partial charge in [-0.15, -0.1) is 0 Å². The lowest BCUT2D eigenvalue weighted by Crippen LogP contribution is -2.30. The van der Waals surface area contributed by atoms with Crippen molar-refractivity contribution in [1.29, 1.82) is 0 Å². The van der Waals surface area contributed by atoms with Crippen LogP contribution in [-0.4, -0.2) is 37.2 Å². The minimum Gasteiger partial charge on any atom is -0.462 e. The summed E-state index contributed by atoms with van der Waals surface area (Å²) >= 11 is 0. The smallest absolute Gasteiger partial charge is 0.306 e. The molecule has 0 aliphatic heterocycles. The number of allylic oxidation sites excluding steroid dienone is 24. The van der Waals surface area contributed by atoms with Crippen molar-refractivity contribution in [3.63, 3.8) is 0 Å². The van der Waals surface area contributed by atoms with Crippen molar-refractivity contribution in [2.24, 2.45) is 0 Å². The number of ether oxygens (including phenoxy) is 3. The second-order valence-corrected chi connectivity index (χ2v) is 22.3. The van der Waals surface area contributed by atoms with Crippen molar-refractivity contribution in [2.75, 3.05) is 13.2 Å². The Hall–Kier alpha value is -4.71. The summed E-state index contributed by atoms with van der Waals surface area (Å²) in [5.74, 6) is -0.994. The number of carbonyl (C=O) groups excluding carboxylic acids is 3. The van der Waals surface area contributed by atoms with E-state index in [0.717, 1.165) is 122 Å². The highest BCUT2D eigenvalue weighted by molar-refractivity contribution is 5.71. The fourth-order valence-electron chi connectivity index (χ4n) is 9.32. The van der Waals surface area contributed by atoms with Crippen LogP contribution >= 0.6 is 0 Å². The van der Waals surface area contributed by atoms with Crippen molar-refractivity contribution in [3.8, 4) is 0 Å². The van der Waals surface area contributed by atoms with Crippen LogP contribution in [0.2, 0.25) is 0 Å². The van der Waals surface area contributed by atoms with Crippen molar-refractivity contribution in [3.05, 3.63) is 146 Å². The van der Waals surface area contributed by atoms with Crippen LogP contribution in [0.3, 0.4) is 0 Å². The highest BCUT2D eigenvalue weighted by atomic mass is 16.6. The molecule has 0 N–H and O–H groups in total. The molecule has 83 heavy (non-hydrogen) atoms. The molecule has 0 saturated heterocycles. The van der Waals surface area contributed by atoms with Gasteiger partial charge in [0.05, 0.1) is 0 Å². The first-order valence-electron chi connectivity index (χ1n) is 34.3. The molecule has 0 fully saturated rings. The maximum atomic E-state index is 12.9. The number of unbranched alkanes of at least 4 members (excludes halogenated alkanes) is 26. The minimum atomic E-state index is -0.817. The predicted molar refractivity (Wildman–Crippen MR) is 362 cm³/mol. The quantitative estimate of drug-likeness (QED) is 0.0261. The Morgan fingerprint density at radius 2 is 0.458 bits per heavy atom. The highest BCUT2D eigenvalue weighted by Crippen LogP contribution is 2.17. The molecule has 0 spiro atoms. The molecule has 0 aliphatic carbocycles. The van der Waals surface area contributed by atoms with Crippen molar-refractivity contribution < 1.29 is 28.6 Å². The second kappa shape index (κ2) is 69.8. The van der Waals surface area contributed by atoms with Gasteiger partial charge in [0.25, 0.3) is 0 Å². The maximum absolute atomic E-state index is 12.9. The average molecular weight is 1150 g/mol. The molecule has 0 radical (unpaired) electrons. The molecule has 1 unspecified atom stereocenters. The molecule has 470 valence electrons. The zero-order chi connectivity index (χ0) is 59.9. The Kier molecular flexibility index (Phi) is 65.8. The molecule has 6 heteroatoms. The van der Waals surface area contributed by atoms with Crippen LogP contribution in [0, 0.1) is 0 Å². The summed E-state index contributed by atoms with van der Waals surface area (Å²) in [6, 6.07) is 0. The predicted octanol–water partition coefficient (Wildman–Crippen LogP) is 23.9. The summed E-state index contributed by atoms with van der Waals surface area (Å²) in [5, 5.41) is 0. The van der Waals surface area contributed by atoms with E-state index in [1.54, 1.807) is 0 Å². The Morgan fingerprint density at radius 1 is 0.241 bits per heavy atom. The Labute approximate surface area is 512 Å². The first-order valence-corrected chi connectivity index (χ1v) is 34.3. The summed E-state index contributed by atoms with van der Waals surface area (Å²) in [6.07, 6.45) is 100. The summed E-state index contributed by atoms with van der Waals surface area (Å²) < 4.78 is 16.9. The van der Waals surface area contributed by atoms with Crippen molar-refractivity contribution >= 4 is 17.9 Å². The third kappa shape index (κ3) is 68.0. The Morgan fingerprint density at radius 3 is 0.747 bits per heavy atom. The van der Waals surface area contributed by atoms with Gasteiger partial charge in [-0.2, -0.15) is 0 Å². The van der Waals surface area contributed by atoms with Gasteiger partial charge in [-0.05, 0) is 122 Å². The normalized spacial score (nSPS) is 13.0. The van der Waals surface area contributed by atoms with Gasteiger partial charge in [0.2, 0.25) is 0 Å². The monoisotopic (exact) mass is 1150 g/mol. The zero-order valence-electron chi connectivity index (χ0n) is 53.9. The molecule has 0 heterocycles. The molecule has 0 saturated carbocycles. The summed E-state index contributed by atoms with van der Waals surface area (Å²) in [7, 11) is 0. The second-order valence-electron chi connectivity index (χ2n) is 22.3. The molecule has 6 nitrogen and oxygen atoms in total. The topological polar surface area (TPSA) is 78.9 Å². The molecule has 1 atom stereocenters. The van der Waals surface area contributed by atoms with E-state index in [0.29, 0.717) is 19.3 Å². The fraction of sp³-hybridized carbons (Fsp3) is 0.649. The molecule has 0 aromatic heterocycles. The summed E-state index contributed by atoms with van der Waals surface area (Å²) in [5.41, 5.74) is 0. The molecule has 0 aromatic carbocycles. The van der Waals surface area contributed by atoms with Gasteiger partial charge in [-0.1, -0.05) is 308 Å². The van der Waals surface area contributed by atoms with Gasteiger partial charge < -0.3 is 14.2 Å². The van der Waals surface area contributed by atoms with Crippen LogP contribution < -0.4 is 0 Å². The Bertz CT molecular complexity index is 1800. The van der Waals surface area contributed by atoms with E-state index in [1.165, 1.54) is 135 Å². The van der Waals surface area contributed by atoms with Gasteiger partial charge in [-0.25, -0.2) is 0 Å². The van der Waals surface area contributed by atoms with Gasteiger partial charge in [0.1, 0.15) is 13.2 Å². The van der Waals surface area contributed by atoms with E-state index in [1.807, 2.05) is 6.08 Å². The standard InChI is InChI=1S/C77H126O6/c1-4-7-10-13-16-19-22-25-27-29-31-33-34-35-36-37-38-39-40-41-42-44-45-47-49-52-55-58-61-64-67-70-76(79)82-73-74(72-81-75(78)69-66-63-60-57-54-51-24-21-18-15-12-9-6-3)83-77(80)71-68-65-62-59-56-53-50-48-46-43-32-30-28-26-23-20-17-14-11-8-5-2/h7-12,16-21,25-28,31-33,43,51,54,60,63,74H,4-6,13-15,22-24,29-30,34-42,44-50,52-53,55-59,61-62,64-73H2,1-3H3/b10-7-,11-8-,12-9-,19-16-,20-17-,21-18-,27-25-,28-26-,33-31-,43-32-,54-51-,63-60-. The number of esters is 3. The molecule has 0 aromatic rings. The fourth-order valence-corrected chi connectivity index (χ4v) is 9.32.